The molecule has 0 fully saturated rings. The summed E-state index contributed by atoms with van der Waals surface area (Å²) in [4.78, 5) is 13.7. The zero-order valence-corrected chi connectivity index (χ0v) is 16.5. The average Bonchev–Trinajstić information content (AvgIpc) is 2.63. The molecular weight excluding hydrogens is 405 g/mol. The van der Waals surface area contributed by atoms with Crippen molar-refractivity contribution in [1.29, 1.82) is 0 Å². The smallest absolute Gasteiger partial charge is 0.319 e. The summed E-state index contributed by atoms with van der Waals surface area (Å²) in [7, 11) is 4.52. The van der Waals surface area contributed by atoms with Crippen molar-refractivity contribution >= 4 is 21.9 Å². The lowest BCUT2D eigenvalue weighted by Crippen LogP contribution is -2.30. The summed E-state index contributed by atoms with van der Waals surface area (Å²) in [5, 5.41) is 0. The Morgan fingerprint density at radius 3 is 2.23 bits per heavy atom. The molecule has 0 bridgehead atoms. The van der Waals surface area contributed by atoms with E-state index in [4.69, 9.17) is 14.2 Å². The molecule has 26 heavy (non-hydrogen) atoms. The van der Waals surface area contributed by atoms with Crippen LogP contribution in [0.15, 0.2) is 40.9 Å². The lowest BCUT2D eigenvalue weighted by Gasteiger charge is -2.22. The van der Waals surface area contributed by atoms with E-state index in [1.165, 1.54) is 19.2 Å². The van der Waals surface area contributed by atoms with Crippen molar-refractivity contribution in [3.05, 3.63) is 57.8 Å². The number of methoxy groups -OCH3 is 3. The van der Waals surface area contributed by atoms with Crippen molar-refractivity contribution < 1.29 is 23.4 Å². The van der Waals surface area contributed by atoms with E-state index < -0.39 is 0 Å². The number of benzene rings is 2. The van der Waals surface area contributed by atoms with Gasteiger partial charge in [0.05, 0.1) is 27.9 Å². The number of rotatable bonds is 8. The van der Waals surface area contributed by atoms with Crippen LogP contribution in [0.5, 0.6) is 11.5 Å². The monoisotopic (exact) mass is 425 g/mol. The largest absolute Gasteiger partial charge is 0.497 e. The van der Waals surface area contributed by atoms with Gasteiger partial charge in [-0.2, -0.15) is 0 Å². The highest BCUT2D eigenvalue weighted by Crippen LogP contribution is 2.25. The summed E-state index contributed by atoms with van der Waals surface area (Å²) in [6.45, 7) is 1.00. The summed E-state index contributed by atoms with van der Waals surface area (Å²) < 4.78 is 29.3. The fourth-order valence-corrected chi connectivity index (χ4v) is 3.00. The molecule has 0 aliphatic heterocycles. The molecule has 140 valence electrons. The fraction of sp³-hybridized carbons (Fsp3) is 0.316. The first-order chi connectivity index (χ1) is 12.4. The van der Waals surface area contributed by atoms with Crippen LogP contribution in [0.2, 0.25) is 0 Å². The van der Waals surface area contributed by atoms with E-state index in [9.17, 15) is 9.18 Å². The van der Waals surface area contributed by atoms with Gasteiger partial charge in [0.15, 0.2) is 0 Å². The van der Waals surface area contributed by atoms with Gasteiger partial charge < -0.3 is 14.2 Å². The van der Waals surface area contributed by atoms with Gasteiger partial charge in [0.25, 0.3) is 0 Å². The second-order valence-corrected chi connectivity index (χ2v) is 6.53. The van der Waals surface area contributed by atoms with Crippen LogP contribution in [0.25, 0.3) is 0 Å². The van der Waals surface area contributed by atoms with Gasteiger partial charge in [-0.15, -0.1) is 0 Å². The van der Waals surface area contributed by atoms with Gasteiger partial charge >= 0.3 is 5.97 Å². The molecule has 0 heterocycles. The standard InChI is InChI=1S/C19H21BrFNO4/c1-24-16-6-13(7-17(9-16)25-2)10-22(12-19(23)26-3)11-14-4-5-15(21)8-18(14)20/h4-9H,10-12H2,1-3H3. The number of nitrogens with zero attached hydrogens (tertiary/aromatic N) is 1. The summed E-state index contributed by atoms with van der Waals surface area (Å²) >= 11 is 3.37. The first-order valence-electron chi connectivity index (χ1n) is 7.90. The molecule has 7 heteroatoms. The maximum atomic E-state index is 13.3. The molecule has 0 aliphatic rings. The van der Waals surface area contributed by atoms with Gasteiger partial charge in [-0.25, -0.2) is 4.39 Å². The van der Waals surface area contributed by atoms with E-state index in [0.717, 1.165) is 11.1 Å². The van der Waals surface area contributed by atoms with Gasteiger partial charge in [0, 0.05) is 23.6 Å². The van der Waals surface area contributed by atoms with Crippen molar-refractivity contribution in [2.75, 3.05) is 27.9 Å². The van der Waals surface area contributed by atoms with E-state index in [0.29, 0.717) is 29.1 Å². The molecule has 0 radical (unpaired) electrons. The number of hydrogen-bond acceptors (Lipinski definition) is 5. The third kappa shape index (κ3) is 5.71. The predicted octanol–water partition coefficient (Wildman–Crippen LogP) is 3.78. The quantitative estimate of drug-likeness (QED) is 0.602. The first kappa shape index (κ1) is 20.2. The lowest BCUT2D eigenvalue weighted by atomic mass is 10.1. The molecule has 2 aromatic carbocycles. The van der Waals surface area contributed by atoms with Gasteiger partial charge in [0.1, 0.15) is 17.3 Å². The zero-order valence-electron chi connectivity index (χ0n) is 14.9. The Hall–Kier alpha value is -2.12. The molecule has 0 spiro atoms. The maximum Gasteiger partial charge on any atom is 0.319 e. The van der Waals surface area contributed by atoms with Crippen LogP contribution in [0.1, 0.15) is 11.1 Å². The van der Waals surface area contributed by atoms with Gasteiger partial charge in [0.2, 0.25) is 0 Å². The minimum Gasteiger partial charge on any atom is -0.497 e. The van der Waals surface area contributed by atoms with E-state index >= 15 is 0 Å². The van der Waals surface area contributed by atoms with Crippen LogP contribution in [0.4, 0.5) is 4.39 Å². The molecule has 0 aliphatic carbocycles. The summed E-state index contributed by atoms with van der Waals surface area (Å²) in [6, 6.07) is 10.0. The third-order valence-corrected chi connectivity index (χ3v) is 4.55. The number of carbonyl (C=O) groups is 1. The van der Waals surface area contributed by atoms with Crippen molar-refractivity contribution in [1.82, 2.24) is 4.90 Å². The Labute approximate surface area is 160 Å². The van der Waals surface area contributed by atoms with Gasteiger partial charge in [-0.05, 0) is 35.4 Å². The first-order valence-corrected chi connectivity index (χ1v) is 8.69. The summed E-state index contributed by atoms with van der Waals surface area (Å²) in [5.41, 5.74) is 1.79. The van der Waals surface area contributed by atoms with Crippen LogP contribution in [-0.2, 0) is 22.6 Å². The number of ether oxygens (including phenoxy) is 3. The SMILES string of the molecule is COC(=O)CN(Cc1cc(OC)cc(OC)c1)Cc1ccc(F)cc1Br. The molecule has 5 nitrogen and oxygen atoms in total. The number of hydrogen-bond donors (Lipinski definition) is 0. The second-order valence-electron chi connectivity index (χ2n) is 5.68. The molecule has 2 rings (SSSR count). The van der Waals surface area contributed by atoms with E-state index in [2.05, 4.69) is 15.9 Å². The van der Waals surface area contributed by atoms with E-state index in [1.54, 1.807) is 26.4 Å². The molecule has 0 saturated carbocycles. The highest BCUT2D eigenvalue weighted by atomic mass is 79.9. The summed E-state index contributed by atoms with van der Waals surface area (Å²) in [5.74, 6) is 0.663. The Bertz CT molecular complexity index is 747. The van der Waals surface area contributed by atoms with Crippen LogP contribution < -0.4 is 9.47 Å². The lowest BCUT2D eigenvalue weighted by molar-refractivity contribution is -0.142. The van der Waals surface area contributed by atoms with Crippen LogP contribution in [-0.4, -0.2) is 38.7 Å². The second kappa shape index (κ2) is 9.54. The Morgan fingerprint density at radius 2 is 1.69 bits per heavy atom. The molecule has 0 amide bonds. The Balaban J connectivity index is 2.25. The average molecular weight is 426 g/mol. The van der Waals surface area contributed by atoms with E-state index in [-0.39, 0.29) is 18.3 Å². The summed E-state index contributed by atoms with van der Waals surface area (Å²) in [6.07, 6.45) is 0. The van der Waals surface area contributed by atoms with E-state index in [1.807, 2.05) is 17.0 Å². The normalized spacial score (nSPS) is 10.7. The number of halogens is 2. The Kier molecular flexibility index (Phi) is 7.41. The van der Waals surface area contributed by atoms with Crippen molar-refractivity contribution in [2.45, 2.75) is 13.1 Å². The van der Waals surface area contributed by atoms with Crippen molar-refractivity contribution in [2.24, 2.45) is 0 Å². The third-order valence-electron chi connectivity index (χ3n) is 3.81. The maximum absolute atomic E-state index is 13.3. The van der Waals surface area contributed by atoms with Crippen molar-refractivity contribution in [3.63, 3.8) is 0 Å². The minimum absolute atomic E-state index is 0.0971. The van der Waals surface area contributed by atoms with Crippen LogP contribution in [0.3, 0.4) is 0 Å². The highest BCUT2D eigenvalue weighted by Gasteiger charge is 2.15. The van der Waals surface area contributed by atoms with Crippen LogP contribution in [0, 0.1) is 5.82 Å². The van der Waals surface area contributed by atoms with Crippen LogP contribution >= 0.6 is 15.9 Å². The van der Waals surface area contributed by atoms with Crippen molar-refractivity contribution in [3.8, 4) is 11.5 Å². The topological polar surface area (TPSA) is 48.0 Å². The molecule has 0 aromatic heterocycles. The predicted molar refractivity (Wildman–Crippen MR) is 99.8 cm³/mol. The molecular formula is C19H21BrFNO4. The fourth-order valence-electron chi connectivity index (χ4n) is 2.52. The van der Waals surface area contributed by atoms with Gasteiger partial charge in [-0.3, -0.25) is 9.69 Å². The molecule has 0 saturated heterocycles. The number of esters is 1. The van der Waals surface area contributed by atoms with Gasteiger partial charge in [-0.1, -0.05) is 22.0 Å². The number of carbonyl (C=O) groups excluding carboxylic acids is 1. The molecule has 2 aromatic rings. The Morgan fingerprint density at radius 1 is 1.04 bits per heavy atom. The zero-order chi connectivity index (χ0) is 19.1. The molecule has 0 atom stereocenters. The minimum atomic E-state index is -0.349. The highest BCUT2D eigenvalue weighted by molar-refractivity contribution is 9.10. The molecule has 0 N–H and O–H groups in total. The molecule has 0 unspecified atom stereocenters.